The number of aryl methyl sites for hydroxylation is 1. The lowest BCUT2D eigenvalue weighted by atomic mass is 10.1. The van der Waals surface area contributed by atoms with E-state index in [1.165, 1.54) is 7.11 Å². The summed E-state index contributed by atoms with van der Waals surface area (Å²) in [6.07, 6.45) is 1.66. The molecule has 6 heteroatoms. The Morgan fingerprint density at radius 3 is 2.74 bits per heavy atom. The van der Waals surface area contributed by atoms with Gasteiger partial charge >= 0.3 is 5.97 Å². The van der Waals surface area contributed by atoms with Crippen molar-refractivity contribution < 1.29 is 18.7 Å². The van der Waals surface area contributed by atoms with Gasteiger partial charge < -0.3 is 14.1 Å². The first-order valence-electron chi connectivity index (χ1n) is 7.27. The molecule has 2 rings (SSSR count). The molecule has 1 amide bonds. The van der Waals surface area contributed by atoms with Crippen LogP contribution in [0.5, 0.6) is 0 Å². The largest absolute Gasteiger partial charge is 0.465 e. The molecule has 1 atom stereocenters. The number of furan rings is 1. The Labute approximate surface area is 135 Å². The Hall–Kier alpha value is -2.63. The van der Waals surface area contributed by atoms with Gasteiger partial charge in [-0.05, 0) is 32.0 Å². The molecule has 0 spiro atoms. The van der Waals surface area contributed by atoms with Crippen LogP contribution in [0.4, 0.5) is 0 Å². The van der Waals surface area contributed by atoms with Crippen LogP contribution in [0.25, 0.3) is 0 Å². The highest BCUT2D eigenvalue weighted by Gasteiger charge is 2.22. The summed E-state index contributed by atoms with van der Waals surface area (Å²) in [5.74, 6) is 0.139. The molecule has 2 heterocycles. The third-order valence-electron chi connectivity index (χ3n) is 3.65. The molecule has 1 unspecified atom stereocenters. The third-order valence-corrected chi connectivity index (χ3v) is 3.65. The fraction of sp³-hybridized carbons (Fsp3) is 0.353. The number of carbonyl (C=O) groups excluding carboxylic acids is 2. The fourth-order valence-corrected chi connectivity index (χ4v) is 2.34. The first kappa shape index (κ1) is 16.7. The molecule has 0 bridgehead atoms. The summed E-state index contributed by atoms with van der Waals surface area (Å²) in [6, 6.07) is 7.09. The Morgan fingerprint density at radius 2 is 2.13 bits per heavy atom. The molecule has 0 aliphatic rings. The summed E-state index contributed by atoms with van der Waals surface area (Å²) < 4.78 is 10.2. The van der Waals surface area contributed by atoms with Gasteiger partial charge in [0.1, 0.15) is 17.1 Å². The molecule has 122 valence electrons. The van der Waals surface area contributed by atoms with Crippen LogP contribution in [0, 0.1) is 6.92 Å². The van der Waals surface area contributed by atoms with Crippen LogP contribution >= 0.6 is 0 Å². The van der Waals surface area contributed by atoms with E-state index in [-0.39, 0.29) is 18.4 Å². The minimum atomic E-state index is -0.451. The van der Waals surface area contributed by atoms with Crippen LogP contribution in [0.1, 0.15) is 40.4 Å². The van der Waals surface area contributed by atoms with Gasteiger partial charge in [0.25, 0.3) is 0 Å². The minimum Gasteiger partial charge on any atom is -0.465 e. The maximum Gasteiger partial charge on any atom is 0.341 e. The maximum atomic E-state index is 12.5. The lowest BCUT2D eigenvalue weighted by Gasteiger charge is -2.20. The van der Waals surface area contributed by atoms with E-state index < -0.39 is 5.97 Å². The number of rotatable bonds is 5. The van der Waals surface area contributed by atoms with Crippen molar-refractivity contribution in [2.24, 2.45) is 0 Å². The van der Waals surface area contributed by atoms with Crippen molar-refractivity contribution in [1.29, 1.82) is 0 Å². The number of carbonyl (C=O) groups is 2. The van der Waals surface area contributed by atoms with Crippen molar-refractivity contribution in [2.75, 3.05) is 14.2 Å². The number of esters is 1. The molecule has 0 radical (unpaired) electrons. The van der Waals surface area contributed by atoms with Crippen molar-refractivity contribution in [3.8, 4) is 0 Å². The lowest BCUT2D eigenvalue weighted by Crippen LogP contribution is -2.30. The first-order chi connectivity index (χ1) is 10.9. The van der Waals surface area contributed by atoms with E-state index in [0.717, 1.165) is 5.69 Å². The number of hydrogen-bond acceptors (Lipinski definition) is 5. The highest BCUT2D eigenvalue weighted by atomic mass is 16.5. The number of hydrogen-bond donors (Lipinski definition) is 0. The van der Waals surface area contributed by atoms with Gasteiger partial charge in [0.05, 0.1) is 25.3 Å². The molecule has 0 saturated carbocycles. The normalized spacial score (nSPS) is 11.8. The predicted octanol–water partition coefficient (Wildman–Crippen LogP) is 2.53. The van der Waals surface area contributed by atoms with Gasteiger partial charge in [0.2, 0.25) is 5.91 Å². The van der Waals surface area contributed by atoms with Crippen LogP contribution in [0.2, 0.25) is 0 Å². The van der Waals surface area contributed by atoms with E-state index in [1.54, 1.807) is 31.1 Å². The molecule has 0 aliphatic carbocycles. The summed E-state index contributed by atoms with van der Waals surface area (Å²) in [4.78, 5) is 29.8. The van der Waals surface area contributed by atoms with Gasteiger partial charge in [0, 0.05) is 13.2 Å². The zero-order valence-electron chi connectivity index (χ0n) is 13.7. The van der Waals surface area contributed by atoms with E-state index in [0.29, 0.717) is 17.1 Å². The molecular formula is C17H20N2O4. The third kappa shape index (κ3) is 3.77. The van der Waals surface area contributed by atoms with Crippen LogP contribution in [0.3, 0.4) is 0 Å². The molecule has 0 aromatic carbocycles. The maximum absolute atomic E-state index is 12.5. The Morgan fingerprint density at radius 1 is 1.39 bits per heavy atom. The van der Waals surface area contributed by atoms with Crippen LogP contribution in [-0.2, 0) is 16.1 Å². The zero-order chi connectivity index (χ0) is 17.0. The minimum absolute atomic E-state index is 0.0719. The number of pyridine rings is 1. The van der Waals surface area contributed by atoms with Crippen LogP contribution in [-0.4, -0.2) is 35.9 Å². The number of likely N-dealkylation sites (N-methyl/N-ethyl adjacent to an activating group) is 1. The van der Waals surface area contributed by atoms with Crippen molar-refractivity contribution >= 4 is 11.9 Å². The molecule has 0 N–H and O–H groups in total. The summed E-state index contributed by atoms with van der Waals surface area (Å²) >= 11 is 0. The van der Waals surface area contributed by atoms with Gasteiger partial charge in [-0.3, -0.25) is 9.78 Å². The second-order valence-electron chi connectivity index (χ2n) is 5.34. The second kappa shape index (κ2) is 7.09. The quantitative estimate of drug-likeness (QED) is 0.793. The summed E-state index contributed by atoms with van der Waals surface area (Å²) in [5, 5.41) is 0. The molecular weight excluding hydrogens is 296 g/mol. The SMILES string of the molecule is COC(=O)c1cc(CN(C)C(=O)C(C)c2ccccn2)oc1C. The van der Waals surface area contributed by atoms with Gasteiger partial charge in [0.15, 0.2) is 0 Å². The van der Waals surface area contributed by atoms with Crippen molar-refractivity contribution in [3.05, 3.63) is 53.2 Å². The predicted molar refractivity (Wildman–Crippen MR) is 83.9 cm³/mol. The highest BCUT2D eigenvalue weighted by Crippen LogP contribution is 2.19. The van der Waals surface area contributed by atoms with Crippen molar-refractivity contribution in [3.63, 3.8) is 0 Å². The average molecular weight is 316 g/mol. The summed E-state index contributed by atoms with van der Waals surface area (Å²) in [6.45, 7) is 3.77. The monoisotopic (exact) mass is 316 g/mol. The van der Waals surface area contributed by atoms with Gasteiger partial charge in [-0.1, -0.05) is 6.07 Å². The van der Waals surface area contributed by atoms with Crippen LogP contribution < -0.4 is 0 Å². The Bertz CT molecular complexity index is 694. The van der Waals surface area contributed by atoms with E-state index >= 15 is 0 Å². The number of aromatic nitrogens is 1. The lowest BCUT2D eigenvalue weighted by molar-refractivity contribution is -0.132. The number of amides is 1. The molecule has 2 aromatic heterocycles. The molecule has 0 aliphatic heterocycles. The average Bonchev–Trinajstić information content (AvgIpc) is 2.93. The summed E-state index contributed by atoms with van der Waals surface area (Å²) in [5.41, 5.74) is 1.09. The first-order valence-corrected chi connectivity index (χ1v) is 7.27. The van der Waals surface area contributed by atoms with E-state index in [9.17, 15) is 9.59 Å². The molecule has 0 saturated heterocycles. The highest BCUT2D eigenvalue weighted by molar-refractivity contribution is 5.90. The van der Waals surface area contributed by atoms with Gasteiger partial charge in [-0.2, -0.15) is 0 Å². The number of ether oxygens (including phenoxy) is 1. The van der Waals surface area contributed by atoms with E-state index in [1.807, 2.05) is 25.1 Å². The smallest absolute Gasteiger partial charge is 0.341 e. The fourth-order valence-electron chi connectivity index (χ4n) is 2.34. The molecule has 2 aromatic rings. The Balaban J connectivity index is 2.08. The van der Waals surface area contributed by atoms with Crippen LogP contribution in [0.15, 0.2) is 34.9 Å². The standard InChI is InChI=1S/C17H20N2O4/c1-11(15-7-5-6-8-18-15)16(20)19(3)10-13-9-14(12(2)23-13)17(21)22-4/h5-9,11H,10H2,1-4H3. The number of methoxy groups -OCH3 is 1. The van der Waals surface area contributed by atoms with Crippen molar-refractivity contribution in [2.45, 2.75) is 26.3 Å². The summed E-state index contributed by atoms with van der Waals surface area (Å²) in [7, 11) is 3.01. The van der Waals surface area contributed by atoms with Gasteiger partial charge in [-0.15, -0.1) is 0 Å². The molecule has 0 fully saturated rings. The Kier molecular flexibility index (Phi) is 5.16. The zero-order valence-corrected chi connectivity index (χ0v) is 13.7. The van der Waals surface area contributed by atoms with Gasteiger partial charge in [-0.25, -0.2) is 4.79 Å². The number of nitrogens with zero attached hydrogens (tertiary/aromatic N) is 2. The molecule has 6 nitrogen and oxygen atoms in total. The van der Waals surface area contributed by atoms with E-state index in [4.69, 9.17) is 9.15 Å². The van der Waals surface area contributed by atoms with Crippen molar-refractivity contribution in [1.82, 2.24) is 9.88 Å². The topological polar surface area (TPSA) is 72.6 Å². The van der Waals surface area contributed by atoms with E-state index in [2.05, 4.69) is 4.98 Å². The molecule has 23 heavy (non-hydrogen) atoms. The second-order valence-corrected chi connectivity index (χ2v) is 5.34.